The highest BCUT2D eigenvalue weighted by molar-refractivity contribution is 6.29. The van der Waals surface area contributed by atoms with Crippen LogP contribution in [0, 0.1) is 5.92 Å². The third kappa shape index (κ3) is 5.35. The summed E-state index contributed by atoms with van der Waals surface area (Å²) in [7, 11) is 0. The minimum absolute atomic E-state index is 0.152. The predicted molar refractivity (Wildman–Crippen MR) is 82.7 cm³/mol. The Labute approximate surface area is 125 Å². The highest BCUT2D eigenvalue weighted by Gasteiger charge is 2.11. The standard InChI is InChI=1S/C14H23ClN4O/c1-3-5-6-10(4-2)9-17-14(20)11-7-12(15)18-13(8-11)19-16/h7-8,10H,3-6,9,16H2,1-2H3,(H,17,20)(H,18,19). The number of carbonyl (C=O) groups is 1. The lowest BCUT2D eigenvalue weighted by molar-refractivity contribution is 0.0945. The number of hydrazine groups is 1. The molecule has 5 nitrogen and oxygen atoms in total. The summed E-state index contributed by atoms with van der Waals surface area (Å²) in [6.07, 6.45) is 4.57. The average Bonchev–Trinajstić information content (AvgIpc) is 2.46. The molecule has 1 aromatic rings. The minimum Gasteiger partial charge on any atom is -0.352 e. The number of hydrogen-bond donors (Lipinski definition) is 3. The van der Waals surface area contributed by atoms with Gasteiger partial charge in [-0.15, -0.1) is 0 Å². The Morgan fingerprint density at radius 1 is 1.45 bits per heavy atom. The van der Waals surface area contributed by atoms with Gasteiger partial charge in [0.25, 0.3) is 5.91 Å². The molecule has 1 amide bonds. The smallest absolute Gasteiger partial charge is 0.251 e. The zero-order chi connectivity index (χ0) is 15.0. The van der Waals surface area contributed by atoms with Crippen LogP contribution in [0.4, 0.5) is 5.82 Å². The topological polar surface area (TPSA) is 80.0 Å². The second kappa shape index (κ2) is 8.76. The van der Waals surface area contributed by atoms with Crippen molar-refractivity contribution in [3.8, 4) is 0 Å². The molecule has 0 aliphatic heterocycles. The molecule has 0 saturated carbocycles. The van der Waals surface area contributed by atoms with Gasteiger partial charge in [0.05, 0.1) is 0 Å². The molecule has 1 atom stereocenters. The van der Waals surface area contributed by atoms with Gasteiger partial charge in [0.1, 0.15) is 11.0 Å². The van der Waals surface area contributed by atoms with Crippen molar-refractivity contribution in [1.82, 2.24) is 10.3 Å². The van der Waals surface area contributed by atoms with Gasteiger partial charge in [-0.1, -0.05) is 44.7 Å². The monoisotopic (exact) mass is 298 g/mol. The summed E-state index contributed by atoms with van der Waals surface area (Å²) in [6.45, 7) is 5.00. The Balaban J connectivity index is 2.59. The quantitative estimate of drug-likeness (QED) is 0.391. The van der Waals surface area contributed by atoms with E-state index in [9.17, 15) is 4.79 Å². The van der Waals surface area contributed by atoms with Gasteiger partial charge in [-0.05, 0) is 24.5 Å². The van der Waals surface area contributed by atoms with Gasteiger partial charge in [-0.25, -0.2) is 10.8 Å². The molecule has 1 heterocycles. The lowest BCUT2D eigenvalue weighted by Crippen LogP contribution is -2.29. The summed E-state index contributed by atoms with van der Waals surface area (Å²) in [5.74, 6) is 6.02. The minimum atomic E-state index is -0.152. The predicted octanol–water partition coefficient (Wildman–Crippen LogP) is 2.97. The van der Waals surface area contributed by atoms with E-state index in [1.54, 1.807) is 6.07 Å². The van der Waals surface area contributed by atoms with E-state index in [1.807, 2.05) is 0 Å². The van der Waals surface area contributed by atoms with Gasteiger partial charge in [0.2, 0.25) is 0 Å². The van der Waals surface area contributed by atoms with Crippen LogP contribution in [0.3, 0.4) is 0 Å². The van der Waals surface area contributed by atoms with Crippen LogP contribution in [0.5, 0.6) is 0 Å². The van der Waals surface area contributed by atoms with Crippen molar-refractivity contribution in [3.63, 3.8) is 0 Å². The van der Waals surface area contributed by atoms with Crippen LogP contribution >= 0.6 is 11.6 Å². The number of carbonyl (C=O) groups excluding carboxylic acids is 1. The zero-order valence-corrected chi connectivity index (χ0v) is 12.8. The Morgan fingerprint density at radius 3 is 2.80 bits per heavy atom. The fourth-order valence-corrected chi connectivity index (χ4v) is 2.19. The number of rotatable bonds is 8. The van der Waals surface area contributed by atoms with Gasteiger partial charge < -0.3 is 10.7 Å². The highest BCUT2D eigenvalue weighted by atomic mass is 35.5. The Hall–Kier alpha value is -1.33. The maximum absolute atomic E-state index is 12.1. The molecule has 6 heteroatoms. The number of pyridine rings is 1. The average molecular weight is 299 g/mol. The van der Waals surface area contributed by atoms with E-state index in [4.69, 9.17) is 17.4 Å². The van der Waals surface area contributed by atoms with E-state index in [1.165, 1.54) is 18.9 Å². The first-order valence-electron chi connectivity index (χ1n) is 7.03. The largest absolute Gasteiger partial charge is 0.352 e. The van der Waals surface area contributed by atoms with Crippen molar-refractivity contribution in [2.24, 2.45) is 11.8 Å². The zero-order valence-electron chi connectivity index (χ0n) is 12.1. The van der Waals surface area contributed by atoms with Crippen LogP contribution in [0.25, 0.3) is 0 Å². The van der Waals surface area contributed by atoms with Gasteiger partial charge in [0, 0.05) is 12.1 Å². The highest BCUT2D eigenvalue weighted by Crippen LogP contribution is 2.15. The fraction of sp³-hybridized carbons (Fsp3) is 0.571. The van der Waals surface area contributed by atoms with Crippen molar-refractivity contribution in [2.45, 2.75) is 39.5 Å². The van der Waals surface area contributed by atoms with E-state index in [0.717, 1.165) is 12.8 Å². The van der Waals surface area contributed by atoms with Gasteiger partial charge in [-0.3, -0.25) is 4.79 Å². The second-order valence-electron chi connectivity index (χ2n) is 4.83. The van der Waals surface area contributed by atoms with Crippen molar-refractivity contribution in [1.29, 1.82) is 0 Å². The summed E-state index contributed by atoms with van der Waals surface area (Å²) < 4.78 is 0. The molecule has 0 fully saturated rings. The SMILES string of the molecule is CCCCC(CC)CNC(=O)c1cc(Cl)nc(NN)c1. The summed E-state index contributed by atoms with van der Waals surface area (Å²) in [4.78, 5) is 16.0. The molecule has 1 unspecified atom stereocenters. The van der Waals surface area contributed by atoms with Crippen molar-refractivity contribution in [3.05, 3.63) is 22.8 Å². The molecule has 0 saturated heterocycles. The van der Waals surface area contributed by atoms with Gasteiger partial charge in [-0.2, -0.15) is 0 Å². The first-order valence-corrected chi connectivity index (χ1v) is 7.40. The Bertz CT molecular complexity index is 439. The Morgan fingerprint density at radius 2 is 2.20 bits per heavy atom. The fourth-order valence-electron chi connectivity index (χ4n) is 1.98. The van der Waals surface area contributed by atoms with Crippen LogP contribution in [0.1, 0.15) is 49.9 Å². The molecule has 1 rings (SSSR count). The van der Waals surface area contributed by atoms with Crippen LogP contribution in [-0.4, -0.2) is 17.4 Å². The molecule has 20 heavy (non-hydrogen) atoms. The lowest BCUT2D eigenvalue weighted by atomic mass is 9.99. The van der Waals surface area contributed by atoms with E-state index in [0.29, 0.717) is 23.8 Å². The molecule has 1 aromatic heterocycles. The van der Waals surface area contributed by atoms with Crippen LogP contribution in [-0.2, 0) is 0 Å². The summed E-state index contributed by atoms with van der Waals surface area (Å²) in [5.41, 5.74) is 2.85. The van der Waals surface area contributed by atoms with Crippen molar-refractivity contribution in [2.75, 3.05) is 12.0 Å². The summed E-state index contributed by atoms with van der Waals surface area (Å²) in [6, 6.07) is 3.11. The first-order chi connectivity index (χ1) is 9.60. The van der Waals surface area contributed by atoms with Crippen LogP contribution in [0.2, 0.25) is 5.15 Å². The van der Waals surface area contributed by atoms with Crippen molar-refractivity contribution >= 4 is 23.3 Å². The number of nitrogens with two attached hydrogens (primary N) is 1. The number of nitrogens with zero attached hydrogens (tertiary/aromatic N) is 1. The number of unbranched alkanes of at least 4 members (excludes halogenated alkanes) is 1. The maximum Gasteiger partial charge on any atom is 0.251 e. The van der Waals surface area contributed by atoms with Crippen LogP contribution < -0.4 is 16.6 Å². The van der Waals surface area contributed by atoms with E-state index in [2.05, 4.69) is 29.6 Å². The van der Waals surface area contributed by atoms with E-state index in [-0.39, 0.29) is 11.1 Å². The third-order valence-electron chi connectivity index (χ3n) is 3.30. The molecule has 0 spiro atoms. The third-order valence-corrected chi connectivity index (χ3v) is 3.49. The van der Waals surface area contributed by atoms with Crippen LogP contribution in [0.15, 0.2) is 12.1 Å². The number of halogens is 1. The molecule has 0 aliphatic carbocycles. The van der Waals surface area contributed by atoms with Gasteiger partial charge >= 0.3 is 0 Å². The molecule has 0 radical (unpaired) electrons. The van der Waals surface area contributed by atoms with Gasteiger partial charge in [0.15, 0.2) is 0 Å². The summed E-state index contributed by atoms with van der Waals surface area (Å²) >= 11 is 5.84. The number of aromatic nitrogens is 1. The Kier molecular flexibility index (Phi) is 7.33. The second-order valence-corrected chi connectivity index (χ2v) is 5.22. The molecule has 0 aromatic carbocycles. The number of anilines is 1. The lowest BCUT2D eigenvalue weighted by Gasteiger charge is -2.15. The molecular formula is C14H23ClN4O. The summed E-state index contributed by atoms with van der Waals surface area (Å²) in [5, 5.41) is 3.18. The normalized spacial score (nSPS) is 12.0. The number of amides is 1. The van der Waals surface area contributed by atoms with E-state index < -0.39 is 0 Å². The van der Waals surface area contributed by atoms with E-state index >= 15 is 0 Å². The molecule has 0 bridgehead atoms. The maximum atomic E-state index is 12.1. The number of nitrogens with one attached hydrogen (secondary N) is 2. The molecule has 4 N–H and O–H groups in total. The number of nitrogen functional groups attached to an aromatic ring is 1. The molecular weight excluding hydrogens is 276 g/mol. The van der Waals surface area contributed by atoms with Crippen molar-refractivity contribution < 1.29 is 4.79 Å². The molecule has 112 valence electrons. The first kappa shape index (κ1) is 16.7. The molecule has 0 aliphatic rings. The number of hydrogen-bond acceptors (Lipinski definition) is 4.